The Bertz CT molecular complexity index is 198. The van der Waals surface area contributed by atoms with Crippen LogP contribution in [0.5, 0.6) is 0 Å². The van der Waals surface area contributed by atoms with Crippen LogP contribution in [-0.4, -0.2) is 11.7 Å². The second-order valence-corrected chi connectivity index (χ2v) is 3.41. The molecule has 3 heteroatoms. The molecule has 62 valence electrons. The third-order valence-electron chi connectivity index (χ3n) is 2.09. The number of Topliss-reactive ketones (excluding diaryl/α,β-unsaturated/α-hetero) is 1. The molecule has 11 heavy (non-hydrogen) atoms. The van der Waals surface area contributed by atoms with Crippen molar-refractivity contribution in [3.8, 4) is 0 Å². The molecular weight excluding hydrogens is 142 g/mol. The van der Waals surface area contributed by atoms with Gasteiger partial charge in [-0.3, -0.25) is 9.59 Å². The lowest BCUT2D eigenvalue weighted by Crippen LogP contribution is -2.18. The van der Waals surface area contributed by atoms with E-state index in [1.165, 1.54) is 0 Å². The van der Waals surface area contributed by atoms with Crippen LogP contribution in [-0.2, 0) is 9.59 Å². The summed E-state index contributed by atoms with van der Waals surface area (Å²) in [7, 11) is 0. The van der Waals surface area contributed by atoms with Gasteiger partial charge in [0.15, 0.2) is 0 Å². The summed E-state index contributed by atoms with van der Waals surface area (Å²) in [6.45, 7) is 3.69. The molecule has 0 radical (unpaired) electrons. The molecule has 0 heterocycles. The van der Waals surface area contributed by atoms with E-state index in [-0.39, 0.29) is 29.4 Å². The maximum absolute atomic E-state index is 11.2. The summed E-state index contributed by atoms with van der Waals surface area (Å²) in [5.74, 6) is -0.348. The number of primary amides is 1. The van der Waals surface area contributed by atoms with Crippen molar-refractivity contribution < 1.29 is 9.59 Å². The lowest BCUT2D eigenvalue weighted by Gasteiger charge is -2.00. The smallest absolute Gasteiger partial charge is 0.221 e. The first-order valence-electron chi connectivity index (χ1n) is 3.87. The molecule has 2 N–H and O–H groups in total. The summed E-state index contributed by atoms with van der Waals surface area (Å²) in [5.41, 5.74) is 5.03. The molecule has 0 aromatic heterocycles. The molecule has 0 saturated heterocycles. The molecule has 1 aliphatic carbocycles. The molecule has 1 amide bonds. The molecule has 0 unspecified atom stereocenters. The summed E-state index contributed by atoms with van der Waals surface area (Å²) in [6, 6.07) is 0. The van der Waals surface area contributed by atoms with Crippen LogP contribution >= 0.6 is 0 Å². The molecule has 0 aromatic carbocycles. The van der Waals surface area contributed by atoms with Crippen molar-refractivity contribution in [3.05, 3.63) is 0 Å². The van der Waals surface area contributed by atoms with E-state index in [9.17, 15) is 9.59 Å². The fraction of sp³-hybridized carbons (Fsp3) is 0.750. The van der Waals surface area contributed by atoms with Gasteiger partial charge in [-0.15, -0.1) is 0 Å². The van der Waals surface area contributed by atoms with E-state index in [1.54, 1.807) is 0 Å². The Morgan fingerprint density at radius 1 is 1.36 bits per heavy atom. The van der Waals surface area contributed by atoms with Crippen molar-refractivity contribution in [1.82, 2.24) is 0 Å². The summed E-state index contributed by atoms with van der Waals surface area (Å²) in [6.07, 6.45) is 0.673. The van der Waals surface area contributed by atoms with Crippen molar-refractivity contribution in [1.29, 1.82) is 0 Å². The van der Waals surface area contributed by atoms with Gasteiger partial charge >= 0.3 is 0 Å². The van der Waals surface area contributed by atoms with Gasteiger partial charge in [0.1, 0.15) is 5.78 Å². The normalized spacial score (nSPS) is 28.6. The van der Waals surface area contributed by atoms with Gasteiger partial charge in [-0.1, -0.05) is 13.8 Å². The minimum Gasteiger partial charge on any atom is -0.369 e. The zero-order chi connectivity index (χ0) is 8.59. The summed E-state index contributed by atoms with van der Waals surface area (Å²) in [4.78, 5) is 21.8. The van der Waals surface area contributed by atoms with E-state index in [4.69, 9.17) is 5.73 Å². The van der Waals surface area contributed by atoms with Crippen LogP contribution in [0.4, 0.5) is 0 Å². The van der Waals surface area contributed by atoms with Gasteiger partial charge < -0.3 is 5.73 Å². The molecule has 0 aliphatic heterocycles. The number of carbonyl (C=O) groups is 2. The third-order valence-corrected chi connectivity index (χ3v) is 2.09. The van der Waals surface area contributed by atoms with Crippen LogP contribution in [0.2, 0.25) is 0 Å². The van der Waals surface area contributed by atoms with Crippen molar-refractivity contribution in [3.63, 3.8) is 0 Å². The Labute approximate surface area is 66.0 Å². The Kier molecular flexibility index (Phi) is 1.98. The lowest BCUT2D eigenvalue weighted by atomic mass is 10.0. The quantitative estimate of drug-likeness (QED) is 0.638. The number of amides is 1. The molecule has 0 aromatic rings. The molecule has 3 nitrogen and oxygen atoms in total. The number of rotatable bonds is 3. The minimum atomic E-state index is -0.330. The highest BCUT2D eigenvalue weighted by Gasteiger charge is 2.47. The highest BCUT2D eigenvalue weighted by atomic mass is 16.2. The number of carbonyl (C=O) groups excluding carboxylic acids is 2. The summed E-state index contributed by atoms with van der Waals surface area (Å²) < 4.78 is 0. The van der Waals surface area contributed by atoms with Gasteiger partial charge in [-0.25, -0.2) is 0 Å². The Hall–Kier alpha value is -0.860. The van der Waals surface area contributed by atoms with E-state index >= 15 is 0 Å². The van der Waals surface area contributed by atoms with Crippen molar-refractivity contribution in [2.24, 2.45) is 23.5 Å². The highest BCUT2D eigenvalue weighted by Crippen LogP contribution is 2.40. The topological polar surface area (TPSA) is 60.2 Å². The molecule has 0 spiro atoms. The second kappa shape index (κ2) is 2.64. The van der Waals surface area contributed by atoms with E-state index in [2.05, 4.69) is 0 Å². The summed E-state index contributed by atoms with van der Waals surface area (Å²) >= 11 is 0. The fourth-order valence-corrected chi connectivity index (χ4v) is 1.25. The number of nitrogens with two attached hydrogens (primary N) is 1. The second-order valence-electron chi connectivity index (χ2n) is 3.41. The fourth-order valence-electron chi connectivity index (χ4n) is 1.25. The lowest BCUT2D eigenvalue weighted by molar-refractivity contribution is -0.126. The maximum atomic E-state index is 11.2. The van der Waals surface area contributed by atoms with Gasteiger partial charge in [0, 0.05) is 17.8 Å². The molecule has 1 rings (SSSR count). The van der Waals surface area contributed by atoms with Crippen LogP contribution < -0.4 is 5.73 Å². The monoisotopic (exact) mass is 155 g/mol. The largest absolute Gasteiger partial charge is 0.369 e. The third kappa shape index (κ3) is 1.59. The van der Waals surface area contributed by atoms with Gasteiger partial charge in [0.05, 0.1) is 0 Å². The molecule has 1 saturated carbocycles. The van der Waals surface area contributed by atoms with Gasteiger partial charge in [0.25, 0.3) is 0 Å². The number of hydrogen-bond donors (Lipinski definition) is 1. The van der Waals surface area contributed by atoms with Crippen molar-refractivity contribution >= 4 is 11.7 Å². The predicted molar refractivity (Wildman–Crippen MR) is 40.6 cm³/mol. The van der Waals surface area contributed by atoms with Gasteiger partial charge in [-0.2, -0.15) is 0 Å². The Morgan fingerprint density at radius 3 is 2.18 bits per heavy atom. The average Bonchev–Trinajstić information content (AvgIpc) is 2.63. The molecular formula is C8H13NO2. The highest BCUT2D eigenvalue weighted by molar-refractivity contribution is 5.93. The van der Waals surface area contributed by atoms with Crippen LogP contribution in [0, 0.1) is 17.8 Å². The molecule has 0 bridgehead atoms. The molecule has 1 aliphatic rings. The first-order chi connectivity index (χ1) is 5.04. The SMILES string of the molecule is CC(C)C(=O)[C@H]1C[C@H]1C(N)=O. The standard InChI is InChI=1S/C8H13NO2/c1-4(2)7(10)5-3-6(5)8(9)11/h4-6H,3H2,1-2H3,(H2,9,11)/t5-,6+/m0/s1. The predicted octanol–water partition coefficient (Wildman–Crippen LogP) is 0.333. The van der Waals surface area contributed by atoms with E-state index in [1.807, 2.05) is 13.8 Å². The zero-order valence-electron chi connectivity index (χ0n) is 6.83. The van der Waals surface area contributed by atoms with Crippen LogP contribution in [0.1, 0.15) is 20.3 Å². The van der Waals surface area contributed by atoms with E-state index in [0.29, 0.717) is 6.42 Å². The molecule has 1 fully saturated rings. The Morgan fingerprint density at radius 2 is 1.91 bits per heavy atom. The van der Waals surface area contributed by atoms with Crippen molar-refractivity contribution in [2.75, 3.05) is 0 Å². The first kappa shape index (κ1) is 8.24. The van der Waals surface area contributed by atoms with E-state index < -0.39 is 0 Å². The van der Waals surface area contributed by atoms with Crippen LogP contribution in [0.3, 0.4) is 0 Å². The number of ketones is 1. The van der Waals surface area contributed by atoms with E-state index in [0.717, 1.165) is 0 Å². The minimum absolute atomic E-state index is 0.0318. The van der Waals surface area contributed by atoms with Crippen LogP contribution in [0.25, 0.3) is 0 Å². The molecule has 2 atom stereocenters. The number of hydrogen-bond acceptors (Lipinski definition) is 2. The first-order valence-corrected chi connectivity index (χ1v) is 3.87. The van der Waals surface area contributed by atoms with Crippen molar-refractivity contribution in [2.45, 2.75) is 20.3 Å². The maximum Gasteiger partial charge on any atom is 0.221 e. The average molecular weight is 155 g/mol. The van der Waals surface area contributed by atoms with Gasteiger partial charge in [-0.05, 0) is 6.42 Å². The Balaban J connectivity index is 2.44. The van der Waals surface area contributed by atoms with Gasteiger partial charge in [0.2, 0.25) is 5.91 Å². The van der Waals surface area contributed by atoms with Crippen LogP contribution in [0.15, 0.2) is 0 Å². The summed E-state index contributed by atoms with van der Waals surface area (Å²) in [5, 5.41) is 0. The zero-order valence-corrected chi connectivity index (χ0v) is 6.83.